The number of hydrogen-bond acceptors (Lipinski definition) is 3. The van der Waals surface area contributed by atoms with Crippen molar-refractivity contribution in [2.45, 2.75) is 19.4 Å². The van der Waals surface area contributed by atoms with Crippen molar-refractivity contribution in [3.8, 4) is 0 Å². The van der Waals surface area contributed by atoms with Crippen LogP contribution in [-0.2, 0) is 10.0 Å². The van der Waals surface area contributed by atoms with Gasteiger partial charge >= 0.3 is 0 Å². The van der Waals surface area contributed by atoms with E-state index in [4.69, 9.17) is 0 Å². The van der Waals surface area contributed by atoms with Gasteiger partial charge in [0.2, 0.25) is 10.0 Å². The summed E-state index contributed by atoms with van der Waals surface area (Å²) in [5, 5.41) is 3.20. The Morgan fingerprint density at radius 3 is 2.83 bits per heavy atom. The maximum Gasteiger partial charge on any atom is 0.214 e. The molecule has 1 saturated heterocycles. The second-order valence-electron chi connectivity index (χ2n) is 3.24. The van der Waals surface area contributed by atoms with Crippen LogP contribution in [0.3, 0.4) is 0 Å². The quantitative estimate of drug-likeness (QED) is 0.569. The van der Waals surface area contributed by atoms with E-state index in [1.165, 1.54) is 4.31 Å². The maximum atomic E-state index is 11.5. The highest BCUT2D eigenvalue weighted by atomic mass is 32.2. The lowest BCUT2D eigenvalue weighted by molar-refractivity contribution is 0.363. The maximum absolute atomic E-state index is 11.5. The molecule has 0 aromatic carbocycles. The van der Waals surface area contributed by atoms with Gasteiger partial charge in [-0.15, -0.1) is 0 Å². The number of rotatable bonds is 0. The van der Waals surface area contributed by atoms with Crippen LogP contribution >= 0.6 is 0 Å². The minimum Gasteiger partial charge on any atom is -0.315 e. The number of likely N-dealkylation sites (N-methyl/N-ethyl adjacent to an activating group) is 1. The highest BCUT2D eigenvalue weighted by molar-refractivity contribution is 7.89. The van der Waals surface area contributed by atoms with Crippen LogP contribution in [0.4, 0.5) is 0 Å². The SMILES string of the molecule is CC1CNCCCS(=O)(=O)N1C. The van der Waals surface area contributed by atoms with Crippen molar-refractivity contribution < 1.29 is 8.42 Å². The van der Waals surface area contributed by atoms with Crippen LogP contribution in [0.5, 0.6) is 0 Å². The van der Waals surface area contributed by atoms with E-state index in [1.54, 1.807) is 7.05 Å². The molecule has 0 aromatic heterocycles. The molecule has 4 nitrogen and oxygen atoms in total. The van der Waals surface area contributed by atoms with Crippen molar-refractivity contribution in [2.75, 3.05) is 25.9 Å². The fourth-order valence-corrected chi connectivity index (χ4v) is 2.66. The normalized spacial score (nSPS) is 32.3. The molecule has 12 heavy (non-hydrogen) atoms. The molecule has 72 valence electrons. The van der Waals surface area contributed by atoms with Crippen molar-refractivity contribution in [1.29, 1.82) is 0 Å². The molecule has 0 spiro atoms. The highest BCUT2D eigenvalue weighted by Crippen LogP contribution is 2.07. The van der Waals surface area contributed by atoms with Crippen LogP contribution in [0.25, 0.3) is 0 Å². The molecule has 1 aliphatic heterocycles. The van der Waals surface area contributed by atoms with E-state index in [2.05, 4.69) is 5.32 Å². The predicted octanol–water partition coefficient (Wildman–Crippen LogP) is -0.370. The molecule has 0 aromatic rings. The Bertz CT molecular complexity index is 238. The summed E-state index contributed by atoms with van der Waals surface area (Å²) in [7, 11) is -1.33. The monoisotopic (exact) mass is 192 g/mol. The van der Waals surface area contributed by atoms with E-state index in [9.17, 15) is 8.42 Å². The number of nitrogens with zero attached hydrogens (tertiary/aromatic N) is 1. The first-order valence-corrected chi connectivity index (χ1v) is 5.81. The Balaban J connectivity index is 2.74. The molecule has 1 heterocycles. The number of nitrogens with one attached hydrogen (secondary N) is 1. The summed E-state index contributed by atoms with van der Waals surface area (Å²) in [6.07, 6.45) is 0.708. The first-order chi connectivity index (χ1) is 5.54. The number of sulfonamides is 1. The standard InChI is InChI=1S/C7H16N2O2S/c1-7-6-8-4-3-5-12(10,11)9(7)2/h7-8H,3-6H2,1-2H3. The van der Waals surface area contributed by atoms with Crippen molar-refractivity contribution in [2.24, 2.45) is 0 Å². The molecular weight excluding hydrogens is 176 g/mol. The Kier molecular flexibility index (Phi) is 3.09. The van der Waals surface area contributed by atoms with Gasteiger partial charge in [0.15, 0.2) is 0 Å². The van der Waals surface area contributed by atoms with Gasteiger partial charge in [-0.2, -0.15) is 0 Å². The van der Waals surface area contributed by atoms with Gasteiger partial charge in [0.1, 0.15) is 0 Å². The Morgan fingerprint density at radius 2 is 2.17 bits per heavy atom. The molecule has 1 atom stereocenters. The van der Waals surface area contributed by atoms with Crippen molar-refractivity contribution in [3.05, 3.63) is 0 Å². The van der Waals surface area contributed by atoms with Crippen LogP contribution in [0.15, 0.2) is 0 Å². The summed E-state index contributed by atoms with van der Waals surface area (Å²) >= 11 is 0. The average molecular weight is 192 g/mol. The molecule has 0 radical (unpaired) electrons. The second-order valence-corrected chi connectivity index (χ2v) is 5.39. The first-order valence-electron chi connectivity index (χ1n) is 4.20. The molecule has 5 heteroatoms. The zero-order valence-corrected chi connectivity index (χ0v) is 8.39. The van der Waals surface area contributed by atoms with Gasteiger partial charge in [-0.25, -0.2) is 12.7 Å². The average Bonchev–Trinajstić information content (AvgIpc) is 2.00. The van der Waals surface area contributed by atoms with Crippen molar-refractivity contribution in [3.63, 3.8) is 0 Å². The van der Waals surface area contributed by atoms with Crippen LogP contribution in [0, 0.1) is 0 Å². The van der Waals surface area contributed by atoms with E-state index < -0.39 is 10.0 Å². The lowest BCUT2D eigenvalue weighted by Crippen LogP contribution is -2.45. The van der Waals surface area contributed by atoms with Gasteiger partial charge in [-0.05, 0) is 19.9 Å². The third kappa shape index (κ3) is 2.18. The molecule has 0 bridgehead atoms. The molecule has 1 unspecified atom stereocenters. The number of hydrogen-bond donors (Lipinski definition) is 1. The Hall–Kier alpha value is -0.130. The minimum absolute atomic E-state index is 0.0651. The van der Waals surface area contributed by atoms with Gasteiger partial charge in [0.25, 0.3) is 0 Å². The lowest BCUT2D eigenvalue weighted by atomic mass is 10.3. The molecule has 1 aliphatic rings. The molecular formula is C7H16N2O2S. The van der Waals surface area contributed by atoms with Crippen LogP contribution in [0.1, 0.15) is 13.3 Å². The fraction of sp³-hybridized carbons (Fsp3) is 1.00. The summed E-state index contributed by atoms with van der Waals surface area (Å²) in [6, 6.07) is 0.0651. The van der Waals surface area contributed by atoms with Crippen molar-refractivity contribution in [1.82, 2.24) is 9.62 Å². The van der Waals surface area contributed by atoms with Gasteiger partial charge in [0.05, 0.1) is 5.75 Å². The topological polar surface area (TPSA) is 49.4 Å². The first kappa shape index (κ1) is 9.95. The fourth-order valence-electron chi connectivity index (χ4n) is 1.24. The second kappa shape index (κ2) is 3.72. The minimum atomic E-state index is -2.98. The Labute approximate surface area is 74.0 Å². The predicted molar refractivity (Wildman–Crippen MR) is 48.5 cm³/mol. The van der Waals surface area contributed by atoms with Gasteiger partial charge in [0, 0.05) is 19.6 Å². The van der Waals surface area contributed by atoms with E-state index in [0.29, 0.717) is 6.42 Å². The van der Waals surface area contributed by atoms with Gasteiger partial charge < -0.3 is 5.32 Å². The molecule has 0 amide bonds. The zero-order chi connectivity index (χ0) is 9.19. The zero-order valence-electron chi connectivity index (χ0n) is 7.58. The molecule has 1 rings (SSSR count). The third-order valence-corrected chi connectivity index (χ3v) is 4.30. The van der Waals surface area contributed by atoms with Crippen LogP contribution in [0.2, 0.25) is 0 Å². The summed E-state index contributed by atoms with van der Waals surface area (Å²) in [5.74, 6) is 0.265. The summed E-state index contributed by atoms with van der Waals surface area (Å²) < 4.78 is 24.4. The summed E-state index contributed by atoms with van der Waals surface area (Å²) in [4.78, 5) is 0. The van der Waals surface area contributed by atoms with E-state index in [0.717, 1.165) is 13.1 Å². The van der Waals surface area contributed by atoms with E-state index >= 15 is 0 Å². The van der Waals surface area contributed by atoms with Gasteiger partial charge in [-0.1, -0.05) is 0 Å². The van der Waals surface area contributed by atoms with E-state index in [1.807, 2.05) is 6.92 Å². The van der Waals surface area contributed by atoms with Gasteiger partial charge in [-0.3, -0.25) is 0 Å². The smallest absolute Gasteiger partial charge is 0.214 e. The highest BCUT2D eigenvalue weighted by Gasteiger charge is 2.23. The summed E-state index contributed by atoms with van der Waals surface area (Å²) in [5.41, 5.74) is 0. The molecule has 1 fully saturated rings. The molecule has 0 aliphatic carbocycles. The van der Waals surface area contributed by atoms with Crippen LogP contribution < -0.4 is 5.32 Å². The summed E-state index contributed by atoms with van der Waals surface area (Å²) in [6.45, 7) is 3.46. The Morgan fingerprint density at radius 1 is 1.50 bits per heavy atom. The van der Waals surface area contributed by atoms with E-state index in [-0.39, 0.29) is 11.8 Å². The third-order valence-electron chi connectivity index (χ3n) is 2.26. The largest absolute Gasteiger partial charge is 0.315 e. The lowest BCUT2D eigenvalue weighted by Gasteiger charge is -2.26. The van der Waals surface area contributed by atoms with Crippen molar-refractivity contribution >= 4 is 10.0 Å². The van der Waals surface area contributed by atoms with Crippen LogP contribution in [-0.4, -0.2) is 44.7 Å². The molecule has 1 N–H and O–H groups in total. The molecule has 0 saturated carbocycles.